The molecule has 0 spiro atoms. The maximum atomic E-state index is 12.7. The fourth-order valence-electron chi connectivity index (χ4n) is 9.81. The summed E-state index contributed by atoms with van der Waals surface area (Å²) in [5.74, 6) is 4.76. The molecule has 5 nitrogen and oxygen atoms in total. The third-order valence-corrected chi connectivity index (χ3v) is 13.4. The predicted octanol–water partition coefficient (Wildman–Crippen LogP) is 8.82. The Hall–Kier alpha value is -1.82. The minimum Gasteiger partial charge on any atom is -0.445 e. The number of benzene rings is 1. The number of amides is 1. The topological polar surface area (TPSA) is 72.5 Å². The van der Waals surface area contributed by atoms with Crippen LogP contribution in [0.3, 0.4) is 0 Å². The lowest BCUT2D eigenvalue weighted by molar-refractivity contribution is -0.0579. The van der Waals surface area contributed by atoms with Crippen LogP contribution >= 0.6 is 0 Å². The first-order chi connectivity index (χ1) is 19.3. The lowest BCUT2D eigenvalue weighted by atomic mass is 9.47. The molecule has 3 saturated carbocycles. The van der Waals surface area contributed by atoms with Crippen LogP contribution in [0.4, 0.5) is 4.79 Å². The summed E-state index contributed by atoms with van der Waals surface area (Å²) in [4.78, 5) is 12.7. The molecule has 1 aromatic rings. The number of sulfonamides is 1. The highest BCUT2D eigenvalue weighted by atomic mass is 32.2. The van der Waals surface area contributed by atoms with Gasteiger partial charge in [0, 0.05) is 6.42 Å². The van der Waals surface area contributed by atoms with Crippen LogP contribution in [0.5, 0.6) is 0 Å². The third kappa shape index (κ3) is 6.01. The number of aryl methyl sites for hydroxylation is 1. The molecular weight excluding hydrogens is 530 g/mol. The van der Waals surface area contributed by atoms with Gasteiger partial charge in [-0.1, -0.05) is 83.2 Å². The van der Waals surface area contributed by atoms with E-state index in [0.29, 0.717) is 11.3 Å². The first-order valence-electron chi connectivity index (χ1n) is 16.3. The molecular formula is C35H53NO4S. The molecule has 4 aliphatic rings. The minimum atomic E-state index is -3.95. The molecule has 4 aliphatic carbocycles. The lowest BCUT2D eigenvalue weighted by Crippen LogP contribution is -2.51. The summed E-state index contributed by atoms with van der Waals surface area (Å²) in [6, 6.07) is 6.46. The van der Waals surface area contributed by atoms with Crippen molar-refractivity contribution in [1.29, 1.82) is 0 Å². The lowest BCUT2D eigenvalue weighted by Gasteiger charge is -2.58. The summed E-state index contributed by atoms with van der Waals surface area (Å²) < 4.78 is 33.2. The van der Waals surface area contributed by atoms with Crippen molar-refractivity contribution in [1.82, 2.24) is 4.72 Å². The zero-order valence-corrected chi connectivity index (χ0v) is 27.1. The summed E-state index contributed by atoms with van der Waals surface area (Å²) in [6.07, 6.45) is 14.5. The second kappa shape index (κ2) is 11.7. The highest BCUT2D eigenvalue weighted by Gasteiger charge is 2.59. The minimum absolute atomic E-state index is 0.0701. The van der Waals surface area contributed by atoms with Crippen LogP contribution in [-0.4, -0.2) is 20.6 Å². The van der Waals surface area contributed by atoms with Crippen molar-refractivity contribution in [3.8, 4) is 0 Å². The zero-order valence-electron chi connectivity index (χ0n) is 26.2. The van der Waals surface area contributed by atoms with E-state index in [1.807, 2.05) is 6.92 Å². The van der Waals surface area contributed by atoms with E-state index in [0.717, 1.165) is 60.8 Å². The largest absolute Gasteiger partial charge is 0.445 e. The average molecular weight is 584 g/mol. The smallest absolute Gasteiger partial charge is 0.421 e. The normalized spacial score (nSPS) is 35.6. The summed E-state index contributed by atoms with van der Waals surface area (Å²) >= 11 is 0. The van der Waals surface area contributed by atoms with E-state index < -0.39 is 16.1 Å². The number of rotatable bonds is 8. The van der Waals surface area contributed by atoms with Crippen LogP contribution in [0.1, 0.15) is 111 Å². The Morgan fingerprint density at radius 3 is 2.44 bits per heavy atom. The number of fused-ring (bicyclic) bond motifs is 5. The molecule has 228 valence electrons. The number of nitrogens with one attached hydrogen (secondary N) is 1. The maximum absolute atomic E-state index is 12.7. The van der Waals surface area contributed by atoms with Gasteiger partial charge in [-0.05, 0) is 110 Å². The van der Waals surface area contributed by atoms with Gasteiger partial charge in [-0.15, -0.1) is 0 Å². The van der Waals surface area contributed by atoms with Crippen molar-refractivity contribution in [3.63, 3.8) is 0 Å². The van der Waals surface area contributed by atoms with Crippen molar-refractivity contribution in [3.05, 3.63) is 41.5 Å². The van der Waals surface area contributed by atoms with E-state index in [-0.39, 0.29) is 16.4 Å². The Morgan fingerprint density at radius 2 is 1.73 bits per heavy atom. The fourth-order valence-corrected chi connectivity index (χ4v) is 10.7. The molecule has 0 bridgehead atoms. The van der Waals surface area contributed by atoms with E-state index in [1.54, 1.807) is 12.1 Å². The van der Waals surface area contributed by atoms with E-state index in [9.17, 15) is 13.2 Å². The maximum Gasteiger partial charge on any atom is 0.421 e. The van der Waals surface area contributed by atoms with Crippen LogP contribution in [0, 0.1) is 53.3 Å². The van der Waals surface area contributed by atoms with Gasteiger partial charge in [0.1, 0.15) is 6.10 Å². The van der Waals surface area contributed by atoms with Gasteiger partial charge in [-0.25, -0.2) is 17.9 Å². The molecule has 1 N–H and O–H groups in total. The number of hydrogen-bond acceptors (Lipinski definition) is 4. The van der Waals surface area contributed by atoms with Gasteiger partial charge in [0.25, 0.3) is 10.0 Å². The van der Waals surface area contributed by atoms with Crippen LogP contribution in [0.25, 0.3) is 0 Å². The highest BCUT2D eigenvalue weighted by Crippen LogP contribution is 2.67. The second-order valence-corrected chi connectivity index (χ2v) is 16.7. The van der Waals surface area contributed by atoms with Crippen molar-refractivity contribution in [2.45, 2.75) is 123 Å². The van der Waals surface area contributed by atoms with Gasteiger partial charge in [-0.2, -0.15) is 0 Å². The van der Waals surface area contributed by atoms with Crippen molar-refractivity contribution < 1.29 is 17.9 Å². The molecule has 1 amide bonds. The zero-order chi connectivity index (χ0) is 29.6. The summed E-state index contributed by atoms with van der Waals surface area (Å²) in [5, 5.41) is 0. The Balaban J connectivity index is 1.21. The summed E-state index contributed by atoms with van der Waals surface area (Å²) in [7, 11) is -3.95. The van der Waals surface area contributed by atoms with Crippen LogP contribution in [0.15, 0.2) is 40.8 Å². The van der Waals surface area contributed by atoms with Gasteiger partial charge in [0.15, 0.2) is 0 Å². The highest BCUT2D eigenvalue weighted by molar-refractivity contribution is 7.90. The molecule has 5 rings (SSSR count). The van der Waals surface area contributed by atoms with Crippen molar-refractivity contribution >= 4 is 16.1 Å². The van der Waals surface area contributed by atoms with E-state index in [1.165, 1.54) is 62.7 Å². The van der Waals surface area contributed by atoms with Crippen molar-refractivity contribution in [2.75, 3.05) is 0 Å². The summed E-state index contributed by atoms with van der Waals surface area (Å²) in [6.45, 7) is 14.2. The Labute approximate surface area is 249 Å². The number of hydrogen-bond donors (Lipinski definition) is 1. The quantitative estimate of drug-likeness (QED) is 0.310. The Morgan fingerprint density at radius 1 is 1.00 bits per heavy atom. The molecule has 0 heterocycles. The fraction of sp³-hybridized carbons (Fsp3) is 0.743. The first kappa shape index (κ1) is 30.6. The second-order valence-electron chi connectivity index (χ2n) is 15.0. The Bertz CT molecular complexity index is 1240. The van der Waals surface area contributed by atoms with E-state index >= 15 is 0 Å². The van der Waals surface area contributed by atoms with Gasteiger partial charge >= 0.3 is 6.09 Å². The molecule has 41 heavy (non-hydrogen) atoms. The van der Waals surface area contributed by atoms with Gasteiger partial charge < -0.3 is 4.74 Å². The summed E-state index contributed by atoms with van der Waals surface area (Å²) in [5.41, 5.74) is 3.03. The molecule has 0 aromatic heterocycles. The number of carbonyl (C=O) groups is 1. The molecule has 0 radical (unpaired) electrons. The predicted molar refractivity (Wildman–Crippen MR) is 165 cm³/mol. The van der Waals surface area contributed by atoms with Crippen molar-refractivity contribution in [2.24, 2.45) is 46.3 Å². The van der Waals surface area contributed by atoms with Crippen LogP contribution in [-0.2, 0) is 14.8 Å². The molecule has 0 saturated heterocycles. The van der Waals surface area contributed by atoms with Crippen LogP contribution < -0.4 is 4.72 Å². The third-order valence-electron chi connectivity index (χ3n) is 12.1. The van der Waals surface area contributed by atoms with Gasteiger partial charge in [0.05, 0.1) is 4.90 Å². The van der Waals surface area contributed by atoms with Gasteiger partial charge in [0.2, 0.25) is 0 Å². The number of ether oxygens (including phenoxy) is 1. The molecule has 1 aromatic carbocycles. The van der Waals surface area contributed by atoms with Crippen LogP contribution in [0.2, 0.25) is 0 Å². The van der Waals surface area contributed by atoms with E-state index in [4.69, 9.17) is 4.74 Å². The van der Waals surface area contributed by atoms with E-state index in [2.05, 4.69) is 45.4 Å². The molecule has 8 atom stereocenters. The monoisotopic (exact) mass is 583 g/mol. The average Bonchev–Trinajstić information content (AvgIpc) is 3.26. The first-order valence-corrected chi connectivity index (χ1v) is 17.8. The SMILES string of the molecule is Cc1ccc(S(=O)(=O)NC(=O)O[C@H]2CC[C@@]3(C)C(=CC[C@@H]4[C@H]5CC[C@@H]([C@@H](C)CCCC(C)C)[C@@]5(C)CC[C@H]43)C2)cc1. The number of allylic oxidation sites excluding steroid dienone is 1. The molecule has 0 unspecified atom stereocenters. The number of carbonyl (C=O) groups excluding carboxylic acids is 1. The van der Waals surface area contributed by atoms with Gasteiger partial charge in [-0.3, -0.25) is 0 Å². The standard InChI is InChI=1S/C35H53NO4S/c1-23(2)8-7-9-25(4)30-16-17-31-29-15-12-26-22-27(18-20-34(26,5)32(29)19-21-35(30,31)6)40-33(37)36-41(38,39)28-13-10-24(3)11-14-28/h10-14,23,25,27,29-32H,7-9,15-22H2,1-6H3,(H,36,37)/t25-,27-,29+,30-,31+,32+,34-,35+/m0/s1. The molecule has 0 aliphatic heterocycles. The Kier molecular flexibility index (Phi) is 8.74. The molecule has 3 fully saturated rings. The molecule has 6 heteroatoms.